The van der Waals surface area contributed by atoms with E-state index in [0.717, 1.165) is 50.8 Å². The Morgan fingerprint density at radius 2 is 2.03 bits per heavy atom. The topological polar surface area (TPSA) is 72.3 Å². The molecule has 1 unspecified atom stereocenters. The number of likely N-dealkylation sites (tertiary alicyclic amines) is 1. The summed E-state index contributed by atoms with van der Waals surface area (Å²) >= 11 is 0. The van der Waals surface area contributed by atoms with E-state index in [9.17, 15) is 4.79 Å². The van der Waals surface area contributed by atoms with Crippen LogP contribution in [0.4, 0.5) is 0 Å². The van der Waals surface area contributed by atoms with E-state index in [1.807, 2.05) is 19.3 Å². The third-order valence-corrected chi connectivity index (χ3v) is 6.65. The van der Waals surface area contributed by atoms with Crippen LogP contribution in [0.2, 0.25) is 0 Å². The van der Waals surface area contributed by atoms with E-state index in [1.165, 1.54) is 10.9 Å². The van der Waals surface area contributed by atoms with Gasteiger partial charge in [-0.1, -0.05) is 24.3 Å². The Balaban J connectivity index is 1.13. The highest BCUT2D eigenvalue weighted by atomic mass is 16.5. The van der Waals surface area contributed by atoms with Gasteiger partial charge in [0.1, 0.15) is 5.69 Å². The molecular formula is C24H29N5O2. The standard InChI is InChI=1S/C24H29N5O2/c1-28-13-8-21(27-28)23(30)26-16-20-7-9-24(31-20)10-14-29(15-11-24)17-19-5-2-4-18-6-3-12-25-22(18)19/h2-6,8,12-13,20H,7,9-11,14-17H2,1H3,(H,26,30). The van der Waals surface area contributed by atoms with Gasteiger partial charge in [-0.2, -0.15) is 5.10 Å². The van der Waals surface area contributed by atoms with Crippen molar-refractivity contribution in [1.29, 1.82) is 0 Å². The summed E-state index contributed by atoms with van der Waals surface area (Å²) in [5.74, 6) is -0.135. The van der Waals surface area contributed by atoms with Crippen LogP contribution >= 0.6 is 0 Å². The second-order valence-corrected chi connectivity index (χ2v) is 8.81. The van der Waals surface area contributed by atoms with Gasteiger partial charge in [-0.05, 0) is 43.4 Å². The van der Waals surface area contributed by atoms with Crippen LogP contribution in [-0.4, -0.2) is 56.9 Å². The van der Waals surface area contributed by atoms with Crippen LogP contribution in [0.15, 0.2) is 48.8 Å². The van der Waals surface area contributed by atoms with Crippen molar-refractivity contribution < 1.29 is 9.53 Å². The second-order valence-electron chi connectivity index (χ2n) is 8.81. The maximum Gasteiger partial charge on any atom is 0.271 e. The van der Waals surface area contributed by atoms with Crippen LogP contribution in [0.25, 0.3) is 10.9 Å². The van der Waals surface area contributed by atoms with Gasteiger partial charge < -0.3 is 10.1 Å². The molecule has 0 bridgehead atoms. The number of pyridine rings is 1. The summed E-state index contributed by atoms with van der Waals surface area (Å²) in [6, 6.07) is 12.3. The molecule has 1 atom stereocenters. The number of ether oxygens (including phenoxy) is 1. The summed E-state index contributed by atoms with van der Waals surface area (Å²) in [5, 5.41) is 8.33. The van der Waals surface area contributed by atoms with Crippen molar-refractivity contribution in [1.82, 2.24) is 25.0 Å². The molecule has 4 heterocycles. The van der Waals surface area contributed by atoms with E-state index < -0.39 is 0 Å². The molecule has 2 aromatic heterocycles. The molecule has 7 nitrogen and oxygen atoms in total. The number of para-hydroxylation sites is 1. The van der Waals surface area contributed by atoms with Crippen molar-refractivity contribution in [2.75, 3.05) is 19.6 Å². The fourth-order valence-corrected chi connectivity index (χ4v) is 4.89. The lowest BCUT2D eigenvalue weighted by Crippen LogP contribution is -2.44. The molecule has 0 aliphatic carbocycles. The predicted molar refractivity (Wildman–Crippen MR) is 119 cm³/mol. The molecule has 2 saturated heterocycles. The first kappa shape index (κ1) is 20.2. The number of benzene rings is 1. The molecule has 1 aromatic carbocycles. The van der Waals surface area contributed by atoms with E-state index in [0.29, 0.717) is 12.2 Å². The number of nitrogens with zero attached hydrogens (tertiary/aromatic N) is 4. The van der Waals surface area contributed by atoms with Crippen molar-refractivity contribution >= 4 is 16.8 Å². The van der Waals surface area contributed by atoms with Gasteiger partial charge in [0.15, 0.2) is 0 Å². The molecule has 0 saturated carbocycles. The number of aryl methyl sites for hydroxylation is 1. The third-order valence-electron chi connectivity index (χ3n) is 6.65. The minimum absolute atomic E-state index is 0.0338. The van der Waals surface area contributed by atoms with Gasteiger partial charge in [-0.15, -0.1) is 0 Å². The smallest absolute Gasteiger partial charge is 0.271 e. The molecule has 7 heteroatoms. The summed E-state index contributed by atoms with van der Waals surface area (Å²) in [5.41, 5.74) is 2.81. The summed E-state index contributed by atoms with van der Waals surface area (Å²) in [6.07, 6.45) is 7.87. The lowest BCUT2D eigenvalue weighted by atomic mass is 9.88. The molecule has 3 aromatic rings. The maximum absolute atomic E-state index is 12.2. The van der Waals surface area contributed by atoms with Crippen LogP contribution in [0.3, 0.4) is 0 Å². The monoisotopic (exact) mass is 419 g/mol. The number of hydrogen-bond acceptors (Lipinski definition) is 5. The first-order valence-electron chi connectivity index (χ1n) is 11.1. The second kappa shape index (κ2) is 8.40. The molecule has 5 rings (SSSR count). The van der Waals surface area contributed by atoms with Crippen molar-refractivity contribution in [2.45, 2.75) is 43.9 Å². The van der Waals surface area contributed by atoms with Gasteiger partial charge in [-0.3, -0.25) is 19.4 Å². The fraction of sp³-hybridized carbons (Fsp3) is 0.458. The molecule has 1 N–H and O–H groups in total. The SMILES string of the molecule is Cn1ccc(C(=O)NCC2CCC3(CCN(Cc4cccc5cccnc45)CC3)O2)n1. The molecule has 2 aliphatic heterocycles. The van der Waals surface area contributed by atoms with Gasteiger partial charge in [0.25, 0.3) is 5.91 Å². The number of fused-ring (bicyclic) bond motifs is 1. The van der Waals surface area contributed by atoms with Crippen molar-refractivity contribution in [3.05, 3.63) is 60.0 Å². The first-order chi connectivity index (χ1) is 15.1. The molecule has 2 fully saturated rings. The summed E-state index contributed by atoms with van der Waals surface area (Å²) < 4.78 is 8.11. The van der Waals surface area contributed by atoms with Crippen LogP contribution < -0.4 is 5.32 Å². The zero-order chi connectivity index (χ0) is 21.3. The fourth-order valence-electron chi connectivity index (χ4n) is 4.89. The Hall–Kier alpha value is -2.77. The Bertz CT molecular complexity index is 1070. The number of aromatic nitrogens is 3. The lowest BCUT2D eigenvalue weighted by Gasteiger charge is -2.39. The predicted octanol–water partition coefficient (Wildman–Crippen LogP) is 2.91. The van der Waals surface area contributed by atoms with E-state index in [2.05, 4.69) is 44.6 Å². The van der Waals surface area contributed by atoms with Gasteiger partial charge >= 0.3 is 0 Å². The van der Waals surface area contributed by atoms with Crippen LogP contribution in [-0.2, 0) is 18.3 Å². The Kier molecular flexibility index (Phi) is 5.46. The Morgan fingerprint density at radius 1 is 1.19 bits per heavy atom. The zero-order valence-corrected chi connectivity index (χ0v) is 18.0. The quantitative estimate of drug-likeness (QED) is 0.689. The molecule has 31 heavy (non-hydrogen) atoms. The minimum Gasteiger partial charge on any atom is -0.370 e. The zero-order valence-electron chi connectivity index (χ0n) is 18.0. The average molecular weight is 420 g/mol. The van der Waals surface area contributed by atoms with Crippen molar-refractivity contribution in [2.24, 2.45) is 7.05 Å². The van der Waals surface area contributed by atoms with Crippen LogP contribution in [0, 0.1) is 0 Å². The van der Waals surface area contributed by atoms with E-state index >= 15 is 0 Å². The van der Waals surface area contributed by atoms with E-state index in [-0.39, 0.29) is 17.6 Å². The lowest BCUT2D eigenvalue weighted by molar-refractivity contribution is -0.0764. The van der Waals surface area contributed by atoms with Gasteiger partial charge in [0, 0.05) is 51.0 Å². The molecular weight excluding hydrogens is 390 g/mol. The van der Waals surface area contributed by atoms with Gasteiger partial charge in [0.2, 0.25) is 0 Å². The molecule has 2 aliphatic rings. The number of carbonyl (C=O) groups excluding carboxylic acids is 1. The highest BCUT2D eigenvalue weighted by Gasteiger charge is 2.42. The van der Waals surface area contributed by atoms with E-state index in [1.54, 1.807) is 16.9 Å². The highest BCUT2D eigenvalue weighted by Crippen LogP contribution is 2.39. The van der Waals surface area contributed by atoms with Gasteiger partial charge in [-0.25, -0.2) is 0 Å². The Labute approximate surface area is 182 Å². The normalized spacial score (nSPS) is 21.0. The number of amides is 1. The molecule has 1 amide bonds. The Morgan fingerprint density at radius 3 is 2.84 bits per heavy atom. The number of piperidine rings is 1. The molecule has 162 valence electrons. The maximum atomic E-state index is 12.2. The van der Waals surface area contributed by atoms with Crippen molar-refractivity contribution in [3.8, 4) is 0 Å². The number of rotatable bonds is 5. The summed E-state index contributed by atoms with van der Waals surface area (Å²) in [6.45, 7) is 3.52. The third kappa shape index (κ3) is 4.34. The van der Waals surface area contributed by atoms with Crippen LogP contribution in [0.1, 0.15) is 41.7 Å². The highest BCUT2D eigenvalue weighted by molar-refractivity contribution is 5.92. The summed E-state index contributed by atoms with van der Waals surface area (Å²) in [4.78, 5) is 19.3. The number of hydrogen-bond donors (Lipinski definition) is 1. The molecule has 0 radical (unpaired) electrons. The first-order valence-corrected chi connectivity index (χ1v) is 11.1. The minimum atomic E-state index is -0.135. The largest absolute Gasteiger partial charge is 0.370 e. The van der Waals surface area contributed by atoms with E-state index in [4.69, 9.17) is 4.74 Å². The van der Waals surface area contributed by atoms with Crippen molar-refractivity contribution in [3.63, 3.8) is 0 Å². The average Bonchev–Trinajstić information content (AvgIpc) is 3.41. The van der Waals surface area contributed by atoms with Crippen LogP contribution in [0.5, 0.6) is 0 Å². The number of carbonyl (C=O) groups is 1. The summed E-state index contributed by atoms with van der Waals surface area (Å²) in [7, 11) is 1.81. The number of nitrogens with one attached hydrogen (secondary N) is 1. The van der Waals surface area contributed by atoms with Gasteiger partial charge in [0.05, 0.1) is 17.2 Å². The molecule has 1 spiro atoms.